The Hall–Kier alpha value is -2.10. The second-order valence-electron chi connectivity index (χ2n) is 5.18. The summed E-state index contributed by atoms with van der Waals surface area (Å²) in [5, 5.41) is 6.64. The lowest BCUT2D eigenvalue weighted by Gasteiger charge is -2.10. The molecule has 1 heterocycles. The van der Waals surface area contributed by atoms with Crippen LogP contribution in [0, 0.1) is 6.92 Å². The van der Waals surface area contributed by atoms with Crippen LogP contribution in [-0.4, -0.2) is 16.5 Å². The van der Waals surface area contributed by atoms with E-state index in [1.54, 1.807) is 0 Å². The molecule has 0 radical (unpaired) electrons. The molecule has 2 aromatic rings. The molecular weight excluding hydrogens is 260 g/mol. The molecule has 0 aliphatic carbocycles. The summed E-state index contributed by atoms with van der Waals surface area (Å²) >= 11 is 0. The molecule has 0 spiro atoms. The molecule has 0 fully saturated rings. The van der Waals surface area contributed by atoms with Crippen LogP contribution in [0.1, 0.15) is 38.1 Å². The van der Waals surface area contributed by atoms with Crippen LogP contribution < -0.4 is 10.6 Å². The molecule has 0 saturated heterocycles. The number of nitrogens with one attached hydrogen (secondary N) is 2. The van der Waals surface area contributed by atoms with Gasteiger partial charge in [-0.05, 0) is 37.5 Å². The van der Waals surface area contributed by atoms with Crippen LogP contribution in [0.15, 0.2) is 30.3 Å². The van der Waals surface area contributed by atoms with Crippen molar-refractivity contribution in [3.8, 4) is 0 Å². The largest absolute Gasteiger partial charge is 0.370 e. The van der Waals surface area contributed by atoms with Crippen LogP contribution in [0.5, 0.6) is 0 Å². The first kappa shape index (κ1) is 15.3. The Kier molecular flexibility index (Phi) is 5.55. The van der Waals surface area contributed by atoms with Crippen LogP contribution in [0.2, 0.25) is 0 Å². The maximum Gasteiger partial charge on any atom is 0.136 e. The van der Waals surface area contributed by atoms with Crippen molar-refractivity contribution in [2.45, 2.75) is 40.0 Å². The molecule has 112 valence electrons. The van der Waals surface area contributed by atoms with Crippen LogP contribution in [-0.2, 0) is 6.42 Å². The average molecular weight is 284 g/mol. The topological polar surface area (TPSA) is 49.8 Å². The van der Waals surface area contributed by atoms with E-state index in [0.29, 0.717) is 0 Å². The Morgan fingerprint density at radius 2 is 1.67 bits per heavy atom. The minimum atomic E-state index is 0.765. The van der Waals surface area contributed by atoms with E-state index in [4.69, 9.17) is 0 Å². The predicted molar refractivity (Wildman–Crippen MR) is 89.3 cm³/mol. The van der Waals surface area contributed by atoms with Gasteiger partial charge in [0.05, 0.1) is 0 Å². The van der Waals surface area contributed by atoms with Crippen LogP contribution in [0.25, 0.3) is 0 Å². The summed E-state index contributed by atoms with van der Waals surface area (Å²) < 4.78 is 0. The first-order valence-corrected chi connectivity index (χ1v) is 7.66. The van der Waals surface area contributed by atoms with E-state index in [0.717, 1.165) is 42.5 Å². The van der Waals surface area contributed by atoms with E-state index in [1.165, 1.54) is 12.0 Å². The predicted octanol–water partition coefficient (Wildman–Crippen LogP) is 4.30. The van der Waals surface area contributed by atoms with E-state index < -0.39 is 0 Å². The second-order valence-corrected chi connectivity index (χ2v) is 5.18. The van der Waals surface area contributed by atoms with Gasteiger partial charge in [0.1, 0.15) is 17.5 Å². The number of aryl methyl sites for hydroxylation is 2. The van der Waals surface area contributed by atoms with Gasteiger partial charge in [-0.15, -0.1) is 0 Å². The number of aromatic nitrogens is 2. The molecule has 1 aromatic heterocycles. The molecule has 2 rings (SSSR count). The fourth-order valence-corrected chi connectivity index (χ4v) is 2.17. The van der Waals surface area contributed by atoms with Crippen LogP contribution in [0.4, 0.5) is 17.3 Å². The number of nitrogens with zero attached hydrogens (tertiary/aromatic N) is 2. The Morgan fingerprint density at radius 1 is 0.952 bits per heavy atom. The first-order chi connectivity index (χ1) is 10.2. The SMILES string of the molecule is CCCNc1cc(Nc2ccc(CCC)cc2)nc(C)n1. The second kappa shape index (κ2) is 7.62. The number of hydrogen-bond donors (Lipinski definition) is 2. The van der Waals surface area contributed by atoms with Gasteiger partial charge in [0.25, 0.3) is 0 Å². The van der Waals surface area contributed by atoms with Crippen molar-refractivity contribution in [2.24, 2.45) is 0 Å². The third-order valence-corrected chi connectivity index (χ3v) is 3.16. The van der Waals surface area contributed by atoms with Crippen molar-refractivity contribution in [3.63, 3.8) is 0 Å². The maximum absolute atomic E-state index is 4.43. The van der Waals surface area contributed by atoms with Crippen LogP contribution >= 0.6 is 0 Å². The van der Waals surface area contributed by atoms with Crippen molar-refractivity contribution < 1.29 is 0 Å². The molecule has 2 N–H and O–H groups in total. The van der Waals surface area contributed by atoms with Crippen molar-refractivity contribution in [1.82, 2.24) is 9.97 Å². The third-order valence-electron chi connectivity index (χ3n) is 3.16. The number of anilines is 3. The summed E-state index contributed by atoms with van der Waals surface area (Å²) in [6.07, 6.45) is 3.37. The van der Waals surface area contributed by atoms with Gasteiger partial charge in [0, 0.05) is 18.3 Å². The Balaban J connectivity index is 2.09. The molecule has 4 heteroatoms. The van der Waals surface area contributed by atoms with Gasteiger partial charge in [-0.1, -0.05) is 32.4 Å². The van der Waals surface area contributed by atoms with Gasteiger partial charge in [0.2, 0.25) is 0 Å². The summed E-state index contributed by atoms with van der Waals surface area (Å²) in [5.41, 5.74) is 2.42. The van der Waals surface area contributed by atoms with Gasteiger partial charge >= 0.3 is 0 Å². The number of hydrogen-bond acceptors (Lipinski definition) is 4. The maximum atomic E-state index is 4.43. The summed E-state index contributed by atoms with van der Waals surface area (Å²) in [6.45, 7) is 7.16. The number of benzene rings is 1. The molecule has 4 nitrogen and oxygen atoms in total. The lowest BCUT2D eigenvalue weighted by molar-refractivity contribution is 0.922. The zero-order valence-corrected chi connectivity index (χ0v) is 13.1. The van der Waals surface area contributed by atoms with Gasteiger partial charge in [-0.3, -0.25) is 0 Å². The van der Waals surface area contributed by atoms with Crippen molar-refractivity contribution in [1.29, 1.82) is 0 Å². The number of rotatable bonds is 7. The zero-order valence-electron chi connectivity index (χ0n) is 13.1. The summed E-state index contributed by atoms with van der Waals surface area (Å²) in [4.78, 5) is 8.82. The summed E-state index contributed by atoms with van der Waals surface area (Å²) in [6, 6.07) is 10.5. The average Bonchev–Trinajstić information content (AvgIpc) is 2.47. The smallest absolute Gasteiger partial charge is 0.136 e. The molecule has 0 bridgehead atoms. The molecule has 21 heavy (non-hydrogen) atoms. The molecule has 0 saturated carbocycles. The minimum Gasteiger partial charge on any atom is -0.370 e. The lowest BCUT2D eigenvalue weighted by atomic mass is 10.1. The van der Waals surface area contributed by atoms with E-state index in [-0.39, 0.29) is 0 Å². The molecule has 0 atom stereocenters. The van der Waals surface area contributed by atoms with E-state index in [2.05, 4.69) is 58.7 Å². The molecule has 0 unspecified atom stereocenters. The van der Waals surface area contributed by atoms with Gasteiger partial charge in [-0.2, -0.15) is 0 Å². The fraction of sp³-hybridized carbons (Fsp3) is 0.412. The quantitative estimate of drug-likeness (QED) is 0.795. The van der Waals surface area contributed by atoms with Crippen molar-refractivity contribution in [3.05, 3.63) is 41.7 Å². The van der Waals surface area contributed by atoms with E-state index in [1.807, 2.05) is 13.0 Å². The fourth-order valence-electron chi connectivity index (χ4n) is 2.17. The molecule has 1 aromatic carbocycles. The first-order valence-electron chi connectivity index (χ1n) is 7.66. The van der Waals surface area contributed by atoms with Crippen molar-refractivity contribution >= 4 is 17.3 Å². The molecule has 0 aliphatic heterocycles. The van der Waals surface area contributed by atoms with Gasteiger partial charge in [-0.25, -0.2) is 9.97 Å². The highest BCUT2D eigenvalue weighted by Gasteiger charge is 2.02. The van der Waals surface area contributed by atoms with Crippen LogP contribution in [0.3, 0.4) is 0 Å². The Bertz CT molecular complexity index is 564. The zero-order chi connectivity index (χ0) is 15.1. The van der Waals surface area contributed by atoms with E-state index in [9.17, 15) is 0 Å². The normalized spacial score (nSPS) is 10.4. The summed E-state index contributed by atoms with van der Waals surface area (Å²) in [5.74, 6) is 2.46. The molecule has 0 amide bonds. The van der Waals surface area contributed by atoms with Gasteiger partial charge < -0.3 is 10.6 Å². The monoisotopic (exact) mass is 284 g/mol. The summed E-state index contributed by atoms with van der Waals surface area (Å²) in [7, 11) is 0. The lowest BCUT2D eigenvalue weighted by Crippen LogP contribution is -2.05. The van der Waals surface area contributed by atoms with E-state index >= 15 is 0 Å². The Labute approximate surface area is 127 Å². The molecular formula is C17H24N4. The molecule has 0 aliphatic rings. The Morgan fingerprint density at radius 3 is 2.33 bits per heavy atom. The highest BCUT2D eigenvalue weighted by Crippen LogP contribution is 2.18. The van der Waals surface area contributed by atoms with Crippen molar-refractivity contribution in [2.75, 3.05) is 17.2 Å². The third kappa shape index (κ3) is 4.74. The minimum absolute atomic E-state index is 0.765. The van der Waals surface area contributed by atoms with Gasteiger partial charge in [0.15, 0.2) is 0 Å². The highest BCUT2D eigenvalue weighted by molar-refractivity contribution is 5.59. The standard InChI is InChI=1S/C17H24N4/c1-4-6-14-7-9-15(10-8-14)21-17-12-16(18-11-5-2)19-13(3)20-17/h7-10,12H,4-6,11H2,1-3H3,(H2,18,19,20,21). The highest BCUT2D eigenvalue weighted by atomic mass is 15.1.